The molecule has 0 spiro atoms. The maximum atomic E-state index is 2.51. The van der Waals surface area contributed by atoms with Crippen LogP contribution in [0.5, 0.6) is 0 Å². The highest BCUT2D eigenvalue weighted by Crippen LogP contribution is 2.50. The first-order chi connectivity index (χ1) is 19.0. The third-order valence-corrected chi connectivity index (χ3v) is 10.00. The van der Waals surface area contributed by atoms with Gasteiger partial charge in [-0.05, 0) is 56.1 Å². The minimum atomic E-state index is 0.0718. The molecule has 2 heterocycles. The van der Waals surface area contributed by atoms with Crippen molar-refractivity contribution in [2.24, 2.45) is 0 Å². The third kappa shape index (κ3) is 3.37. The van der Waals surface area contributed by atoms with Crippen molar-refractivity contribution in [3.8, 4) is 0 Å². The van der Waals surface area contributed by atoms with Gasteiger partial charge in [-0.3, -0.25) is 0 Å². The zero-order valence-corrected chi connectivity index (χ0v) is 23.8. The van der Waals surface area contributed by atoms with Gasteiger partial charge in [0, 0.05) is 36.3 Å². The van der Waals surface area contributed by atoms with Gasteiger partial charge in [-0.1, -0.05) is 99.6 Å². The van der Waals surface area contributed by atoms with Crippen molar-refractivity contribution >= 4 is 92.2 Å². The lowest BCUT2D eigenvalue weighted by Crippen LogP contribution is -2.12. The molecule has 0 aliphatic heterocycles. The number of rotatable bonds is 3. The summed E-state index contributed by atoms with van der Waals surface area (Å²) in [6.45, 7) is 6.95. The van der Waals surface area contributed by atoms with Crippen LogP contribution in [0.2, 0.25) is 0 Å². The fourth-order valence-corrected chi connectivity index (χ4v) is 8.15. The quantitative estimate of drug-likeness (QED) is 0.203. The second kappa shape index (κ2) is 8.29. The van der Waals surface area contributed by atoms with Gasteiger partial charge in [0.15, 0.2) is 0 Å². The van der Waals surface area contributed by atoms with Crippen LogP contribution in [0.25, 0.3) is 52.5 Å². The van der Waals surface area contributed by atoms with Crippen LogP contribution < -0.4 is 4.90 Å². The van der Waals surface area contributed by atoms with Crippen LogP contribution in [0.15, 0.2) is 108 Å². The molecule has 0 unspecified atom stereocenters. The molecule has 8 rings (SSSR count). The topological polar surface area (TPSA) is 3.24 Å². The Balaban J connectivity index is 1.50. The van der Waals surface area contributed by atoms with Crippen LogP contribution in [0.3, 0.4) is 0 Å². The van der Waals surface area contributed by atoms with E-state index in [1.807, 2.05) is 22.7 Å². The molecule has 0 aliphatic carbocycles. The Labute approximate surface area is 235 Å². The van der Waals surface area contributed by atoms with Crippen molar-refractivity contribution in [3.63, 3.8) is 0 Å². The summed E-state index contributed by atoms with van der Waals surface area (Å²) in [7, 11) is 0. The SMILES string of the molecule is CC(C)(C)c1ccc2ccc3c(N(c4csc5ccccc45)c4csc5ccccc45)ccc4ccc1c2c43. The van der Waals surface area contributed by atoms with Crippen molar-refractivity contribution < 1.29 is 0 Å². The Morgan fingerprint density at radius 1 is 0.487 bits per heavy atom. The summed E-state index contributed by atoms with van der Waals surface area (Å²) in [5, 5.41) is 15.2. The van der Waals surface area contributed by atoms with Gasteiger partial charge in [-0.25, -0.2) is 0 Å². The van der Waals surface area contributed by atoms with Gasteiger partial charge in [0.1, 0.15) is 0 Å². The molecule has 0 fully saturated rings. The van der Waals surface area contributed by atoms with E-state index in [1.54, 1.807) is 0 Å². The van der Waals surface area contributed by atoms with Crippen molar-refractivity contribution in [1.29, 1.82) is 0 Å². The van der Waals surface area contributed by atoms with Crippen LogP contribution in [0.4, 0.5) is 17.1 Å². The van der Waals surface area contributed by atoms with Crippen molar-refractivity contribution in [1.82, 2.24) is 0 Å². The Hall–Kier alpha value is -3.92. The first-order valence-corrected chi connectivity index (χ1v) is 15.2. The van der Waals surface area contributed by atoms with E-state index in [4.69, 9.17) is 0 Å². The van der Waals surface area contributed by atoms with Crippen LogP contribution in [-0.2, 0) is 5.41 Å². The summed E-state index contributed by atoms with van der Waals surface area (Å²) in [5.41, 5.74) is 5.18. The Morgan fingerprint density at radius 2 is 1.00 bits per heavy atom. The van der Waals surface area contributed by atoms with E-state index in [1.165, 1.54) is 75.1 Å². The van der Waals surface area contributed by atoms with Gasteiger partial charge in [-0.2, -0.15) is 0 Å². The first kappa shape index (κ1) is 23.0. The van der Waals surface area contributed by atoms with Crippen molar-refractivity contribution in [2.75, 3.05) is 4.90 Å². The number of thiophene rings is 2. The predicted octanol–water partition coefficient (Wildman–Crippen LogP) is 11.8. The van der Waals surface area contributed by atoms with Gasteiger partial charge in [-0.15, -0.1) is 22.7 Å². The molecule has 0 atom stereocenters. The summed E-state index contributed by atoms with van der Waals surface area (Å²) >= 11 is 3.64. The second-order valence-electron chi connectivity index (χ2n) is 11.4. The minimum absolute atomic E-state index is 0.0718. The summed E-state index contributed by atoms with van der Waals surface area (Å²) < 4.78 is 2.62. The molecule has 1 nitrogen and oxygen atoms in total. The lowest BCUT2D eigenvalue weighted by molar-refractivity contribution is 0.596. The summed E-state index contributed by atoms with van der Waals surface area (Å²) in [4.78, 5) is 2.51. The number of nitrogens with zero attached hydrogens (tertiary/aromatic N) is 1. The first-order valence-electron chi connectivity index (χ1n) is 13.4. The molecule has 188 valence electrons. The number of anilines is 3. The van der Waals surface area contributed by atoms with Crippen LogP contribution in [-0.4, -0.2) is 0 Å². The Morgan fingerprint density at radius 3 is 1.62 bits per heavy atom. The summed E-state index contributed by atoms with van der Waals surface area (Å²) in [5.74, 6) is 0. The molecule has 6 aromatic carbocycles. The molecule has 3 heteroatoms. The Kier molecular flexibility index (Phi) is 4.89. The smallest absolute Gasteiger partial charge is 0.0648 e. The van der Waals surface area contributed by atoms with Crippen LogP contribution >= 0.6 is 22.7 Å². The number of hydrogen-bond donors (Lipinski definition) is 0. The highest BCUT2D eigenvalue weighted by molar-refractivity contribution is 7.18. The average molecular weight is 538 g/mol. The van der Waals surface area contributed by atoms with Gasteiger partial charge in [0.05, 0.1) is 17.1 Å². The van der Waals surface area contributed by atoms with Gasteiger partial charge < -0.3 is 4.90 Å². The van der Waals surface area contributed by atoms with Crippen molar-refractivity contribution in [3.05, 3.63) is 113 Å². The molecule has 0 amide bonds. The van der Waals surface area contributed by atoms with E-state index < -0.39 is 0 Å². The number of benzene rings is 6. The molecule has 0 aliphatic rings. The Bertz CT molecular complexity index is 2100. The molecule has 0 saturated heterocycles. The maximum absolute atomic E-state index is 2.51. The fourth-order valence-electron chi connectivity index (χ4n) is 6.30. The third-order valence-electron chi connectivity index (χ3n) is 8.09. The van der Waals surface area contributed by atoms with E-state index in [0.29, 0.717) is 0 Å². The van der Waals surface area contributed by atoms with Crippen LogP contribution in [0, 0.1) is 0 Å². The molecule has 0 bridgehead atoms. The highest BCUT2D eigenvalue weighted by Gasteiger charge is 2.24. The maximum Gasteiger partial charge on any atom is 0.0648 e. The van der Waals surface area contributed by atoms with Gasteiger partial charge in [0.25, 0.3) is 0 Å². The highest BCUT2D eigenvalue weighted by atomic mass is 32.1. The number of hydrogen-bond acceptors (Lipinski definition) is 3. The molecule has 0 N–H and O–H groups in total. The zero-order chi connectivity index (χ0) is 26.3. The lowest BCUT2D eigenvalue weighted by Gasteiger charge is -2.27. The van der Waals surface area contributed by atoms with E-state index in [-0.39, 0.29) is 5.41 Å². The average Bonchev–Trinajstić information content (AvgIpc) is 3.57. The molecule has 2 aromatic heterocycles. The van der Waals surface area contributed by atoms with E-state index >= 15 is 0 Å². The minimum Gasteiger partial charge on any atom is -0.307 e. The number of fused-ring (bicyclic) bond motifs is 2. The predicted molar refractivity (Wildman–Crippen MR) is 174 cm³/mol. The summed E-state index contributed by atoms with van der Waals surface area (Å²) in [6.07, 6.45) is 0. The lowest BCUT2D eigenvalue weighted by atomic mass is 9.81. The second-order valence-corrected chi connectivity index (χ2v) is 13.3. The monoisotopic (exact) mass is 537 g/mol. The molecule has 8 aromatic rings. The van der Waals surface area contributed by atoms with Gasteiger partial charge >= 0.3 is 0 Å². The largest absolute Gasteiger partial charge is 0.307 e. The normalized spacial score (nSPS) is 12.5. The molecule has 0 radical (unpaired) electrons. The molecular formula is C36H27NS2. The molecule has 0 saturated carbocycles. The zero-order valence-electron chi connectivity index (χ0n) is 22.2. The fraction of sp³-hybridized carbons (Fsp3) is 0.111. The van der Waals surface area contributed by atoms with Gasteiger partial charge in [0.2, 0.25) is 0 Å². The molecular weight excluding hydrogens is 511 g/mol. The van der Waals surface area contributed by atoms with Crippen LogP contribution in [0.1, 0.15) is 26.3 Å². The van der Waals surface area contributed by atoms with E-state index in [2.05, 4.69) is 133 Å². The molecule has 39 heavy (non-hydrogen) atoms. The standard InChI is InChI=1S/C36H27NS2/c1-36(2,3)28-18-14-22-13-17-27-29(19-15-23-12-16-24(28)34(22)35(23)27)37(30-20-38-32-10-6-4-8-25(30)32)31-21-39-33-11-7-5-9-26(31)33/h4-21H,1-3H3. The van der Waals surface area contributed by atoms with E-state index in [9.17, 15) is 0 Å². The summed E-state index contributed by atoms with van der Waals surface area (Å²) in [6, 6.07) is 36.1. The van der Waals surface area contributed by atoms with E-state index in [0.717, 1.165) is 0 Å². The van der Waals surface area contributed by atoms with Crippen molar-refractivity contribution in [2.45, 2.75) is 26.2 Å².